The summed E-state index contributed by atoms with van der Waals surface area (Å²) in [6.45, 7) is 14.7. The highest BCUT2D eigenvalue weighted by atomic mass is 32.2. The van der Waals surface area contributed by atoms with Gasteiger partial charge in [0.05, 0.1) is 32.7 Å². The molecule has 6 nitrogen and oxygen atoms in total. The second-order valence-electron chi connectivity index (χ2n) is 8.33. The van der Waals surface area contributed by atoms with Crippen LogP contribution in [0.2, 0.25) is 0 Å². The van der Waals surface area contributed by atoms with Gasteiger partial charge in [-0.15, -0.1) is 0 Å². The van der Waals surface area contributed by atoms with Crippen LogP contribution >= 0.6 is 11.8 Å². The average Bonchev–Trinajstić information content (AvgIpc) is 2.76. The predicted octanol–water partition coefficient (Wildman–Crippen LogP) is 2.19. The van der Waals surface area contributed by atoms with E-state index in [0.717, 1.165) is 54.2 Å². The molecule has 0 bridgehead atoms. The average molecular weight is 429 g/mol. The second-order valence-corrected chi connectivity index (χ2v) is 9.28. The molecule has 1 saturated heterocycles. The minimum absolute atomic E-state index is 0.0157. The SMILES string of the molecule is CC[NH+]1CCN(c2cc(C)nc(SCc3cccc(C(=O)NCC(C)C)c3)n2)CC1. The Morgan fingerprint density at radius 2 is 2.00 bits per heavy atom. The molecule has 1 aromatic heterocycles. The van der Waals surface area contributed by atoms with E-state index < -0.39 is 0 Å². The van der Waals surface area contributed by atoms with Gasteiger partial charge >= 0.3 is 0 Å². The molecule has 0 aliphatic carbocycles. The molecule has 2 aromatic rings. The van der Waals surface area contributed by atoms with Gasteiger partial charge in [-0.05, 0) is 37.5 Å². The number of benzene rings is 1. The van der Waals surface area contributed by atoms with Gasteiger partial charge < -0.3 is 15.1 Å². The number of thioether (sulfide) groups is 1. The van der Waals surface area contributed by atoms with Gasteiger partial charge in [0.15, 0.2) is 5.16 Å². The molecule has 0 unspecified atom stereocenters. The topological polar surface area (TPSA) is 62.6 Å². The number of carbonyl (C=O) groups is 1. The molecule has 2 heterocycles. The van der Waals surface area contributed by atoms with Gasteiger partial charge in [-0.2, -0.15) is 0 Å². The lowest BCUT2D eigenvalue weighted by Gasteiger charge is -2.32. The zero-order valence-corrected chi connectivity index (χ0v) is 19.4. The van der Waals surface area contributed by atoms with Crippen LogP contribution in [0.1, 0.15) is 42.4 Å². The number of hydrogen-bond donors (Lipinski definition) is 2. The van der Waals surface area contributed by atoms with E-state index in [4.69, 9.17) is 4.98 Å². The van der Waals surface area contributed by atoms with Crippen molar-refractivity contribution < 1.29 is 9.69 Å². The Kier molecular flexibility index (Phi) is 8.10. The van der Waals surface area contributed by atoms with Crippen LogP contribution < -0.4 is 15.1 Å². The van der Waals surface area contributed by atoms with Gasteiger partial charge in [0.2, 0.25) is 0 Å². The maximum absolute atomic E-state index is 12.3. The highest BCUT2D eigenvalue weighted by molar-refractivity contribution is 7.98. The van der Waals surface area contributed by atoms with Crippen LogP contribution in [0, 0.1) is 12.8 Å². The fourth-order valence-corrected chi connectivity index (χ4v) is 4.35. The lowest BCUT2D eigenvalue weighted by atomic mass is 10.1. The van der Waals surface area contributed by atoms with Gasteiger partial charge in [-0.1, -0.05) is 37.7 Å². The Balaban J connectivity index is 1.63. The van der Waals surface area contributed by atoms with Crippen molar-refractivity contribution in [1.29, 1.82) is 0 Å². The normalized spacial score (nSPS) is 14.9. The number of nitrogens with zero attached hydrogens (tertiary/aromatic N) is 3. The van der Waals surface area contributed by atoms with Crippen molar-refractivity contribution in [1.82, 2.24) is 15.3 Å². The molecule has 2 N–H and O–H groups in total. The van der Waals surface area contributed by atoms with Crippen LogP contribution in [0.25, 0.3) is 0 Å². The maximum atomic E-state index is 12.3. The van der Waals surface area contributed by atoms with Crippen molar-refractivity contribution in [3.05, 3.63) is 47.2 Å². The Morgan fingerprint density at radius 3 is 2.70 bits per heavy atom. The summed E-state index contributed by atoms with van der Waals surface area (Å²) in [7, 11) is 0. The second kappa shape index (κ2) is 10.8. The molecule has 162 valence electrons. The summed E-state index contributed by atoms with van der Waals surface area (Å²) in [5.74, 6) is 2.19. The largest absolute Gasteiger partial charge is 0.352 e. The van der Waals surface area contributed by atoms with Crippen LogP contribution in [0.15, 0.2) is 35.5 Å². The lowest BCUT2D eigenvalue weighted by Crippen LogP contribution is -3.14. The van der Waals surface area contributed by atoms with E-state index in [1.165, 1.54) is 6.54 Å². The first-order valence-electron chi connectivity index (χ1n) is 10.9. The number of anilines is 1. The van der Waals surface area contributed by atoms with Crippen LogP contribution in [-0.2, 0) is 5.75 Å². The van der Waals surface area contributed by atoms with E-state index in [2.05, 4.69) is 48.1 Å². The van der Waals surface area contributed by atoms with Crippen LogP contribution in [0.4, 0.5) is 5.82 Å². The predicted molar refractivity (Wildman–Crippen MR) is 123 cm³/mol. The van der Waals surface area contributed by atoms with Gasteiger partial charge in [-0.3, -0.25) is 4.79 Å². The van der Waals surface area contributed by atoms with Crippen molar-refractivity contribution in [2.45, 2.75) is 38.6 Å². The molecule has 1 aromatic carbocycles. The number of aromatic nitrogens is 2. The smallest absolute Gasteiger partial charge is 0.251 e. The molecule has 1 amide bonds. The molecule has 1 fully saturated rings. The number of aryl methyl sites for hydroxylation is 1. The molecule has 0 saturated carbocycles. The minimum atomic E-state index is -0.0157. The quantitative estimate of drug-likeness (QED) is 0.499. The third-order valence-corrected chi connectivity index (χ3v) is 6.26. The van der Waals surface area contributed by atoms with Crippen molar-refractivity contribution in [2.75, 3.05) is 44.2 Å². The Hall–Kier alpha value is -2.12. The fourth-order valence-electron chi connectivity index (χ4n) is 3.51. The molecule has 0 spiro atoms. The number of amides is 1. The molecule has 0 atom stereocenters. The molecule has 1 aliphatic rings. The molecule has 30 heavy (non-hydrogen) atoms. The molecule has 0 radical (unpaired) electrons. The van der Waals surface area contributed by atoms with Gasteiger partial charge in [0, 0.05) is 29.6 Å². The zero-order chi connectivity index (χ0) is 21.5. The van der Waals surface area contributed by atoms with Gasteiger partial charge in [-0.25, -0.2) is 9.97 Å². The fraction of sp³-hybridized carbons (Fsp3) is 0.522. The van der Waals surface area contributed by atoms with Crippen molar-refractivity contribution in [2.24, 2.45) is 5.92 Å². The van der Waals surface area contributed by atoms with E-state index in [0.29, 0.717) is 18.0 Å². The Labute approximate surface area is 184 Å². The standard InChI is InChI=1S/C23H33N5OS/c1-5-27-9-11-28(12-10-27)21-13-18(4)25-23(26-21)30-16-19-7-6-8-20(14-19)22(29)24-15-17(2)3/h6-8,13-14,17H,5,9-12,15-16H2,1-4H3,(H,24,29)/p+1. The molecule has 3 rings (SSSR count). The van der Waals surface area contributed by atoms with Crippen molar-refractivity contribution >= 4 is 23.5 Å². The van der Waals surface area contributed by atoms with Crippen molar-refractivity contribution in [3.63, 3.8) is 0 Å². The number of piperazine rings is 1. The number of nitrogens with one attached hydrogen (secondary N) is 2. The number of quaternary nitrogens is 1. The summed E-state index contributed by atoms with van der Waals surface area (Å²) < 4.78 is 0. The first-order chi connectivity index (χ1) is 14.4. The number of carbonyl (C=O) groups excluding carboxylic acids is 1. The summed E-state index contributed by atoms with van der Waals surface area (Å²) in [5.41, 5.74) is 2.80. The first-order valence-corrected chi connectivity index (χ1v) is 11.9. The lowest BCUT2D eigenvalue weighted by molar-refractivity contribution is -0.898. The zero-order valence-electron chi connectivity index (χ0n) is 18.6. The van der Waals surface area contributed by atoms with E-state index in [-0.39, 0.29) is 5.91 Å². The number of likely N-dealkylation sites (N-methyl/N-ethyl adjacent to an activating group) is 1. The van der Waals surface area contributed by atoms with E-state index >= 15 is 0 Å². The molecule has 7 heteroatoms. The summed E-state index contributed by atoms with van der Waals surface area (Å²) in [6, 6.07) is 9.91. The van der Waals surface area contributed by atoms with E-state index in [9.17, 15) is 4.79 Å². The highest BCUT2D eigenvalue weighted by Gasteiger charge is 2.20. The van der Waals surface area contributed by atoms with Crippen LogP contribution in [0.5, 0.6) is 0 Å². The number of rotatable bonds is 8. The third kappa shape index (κ3) is 6.44. The maximum Gasteiger partial charge on any atom is 0.251 e. The molecule has 1 aliphatic heterocycles. The summed E-state index contributed by atoms with van der Waals surface area (Å²) >= 11 is 1.62. The van der Waals surface area contributed by atoms with Crippen LogP contribution in [0.3, 0.4) is 0 Å². The summed E-state index contributed by atoms with van der Waals surface area (Å²) in [5, 5.41) is 3.78. The minimum Gasteiger partial charge on any atom is -0.352 e. The van der Waals surface area contributed by atoms with Gasteiger partial charge in [0.1, 0.15) is 5.82 Å². The Morgan fingerprint density at radius 1 is 1.23 bits per heavy atom. The summed E-state index contributed by atoms with van der Waals surface area (Å²) in [4.78, 5) is 25.8. The first kappa shape index (κ1) is 22.6. The highest BCUT2D eigenvalue weighted by Crippen LogP contribution is 2.23. The van der Waals surface area contributed by atoms with E-state index in [1.54, 1.807) is 16.7 Å². The Bertz CT molecular complexity index is 849. The van der Waals surface area contributed by atoms with Crippen LogP contribution in [-0.4, -0.2) is 55.1 Å². The van der Waals surface area contributed by atoms with Gasteiger partial charge in [0.25, 0.3) is 5.91 Å². The van der Waals surface area contributed by atoms with E-state index in [1.807, 2.05) is 25.1 Å². The molecular weight excluding hydrogens is 394 g/mol. The monoisotopic (exact) mass is 428 g/mol. The third-order valence-electron chi connectivity index (χ3n) is 5.34. The van der Waals surface area contributed by atoms with Crippen molar-refractivity contribution in [3.8, 4) is 0 Å². The summed E-state index contributed by atoms with van der Waals surface area (Å²) in [6.07, 6.45) is 0. The molecular formula is C23H34N5OS+. The number of hydrogen-bond acceptors (Lipinski definition) is 5.